The molecular formula is C28H60N+. The van der Waals surface area contributed by atoms with Crippen molar-refractivity contribution in [1.29, 1.82) is 0 Å². The molecule has 2 atom stereocenters. The number of hydrogen-bond donors (Lipinski definition) is 0. The summed E-state index contributed by atoms with van der Waals surface area (Å²) in [7, 11) is 5.00. The predicted octanol–water partition coefficient (Wildman–Crippen LogP) is 9.25. The predicted molar refractivity (Wildman–Crippen MR) is 135 cm³/mol. The highest BCUT2D eigenvalue weighted by molar-refractivity contribution is 4.64. The lowest BCUT2D eigenvalue weighted by Crippen LogP contribution is -2.44. The molecule has 0 spiro atoms. The van der Waals surface area contributed by atoms with Crippen LogP contribution in [0.25, 0.3) is 0 Å². The molecule has 0 rings (SSSR count). The maximum absolute atomic E-state index is 2.50. The van der Waals surface area contributed by atoms with E-state index in [2.05, 4.69) is 48.7 Å². The van der Waals surface area contributed by atoms with Crippen LogP contribution in [0.2, 0.25) is 0 Å². The van der Waals surface area contributed by atoms with Gasteiger partial charge >= 0.3 is 0 Å². The molecule has 0 amide bonds. The summed E-state index contributed by atoms with van der Waals surface area (Å²) in [5.41, 5.74) is 0. The largest absolute Gasteiger partial charge is 0.328 e. The summed E-state index contributed by atoms with van der Waals surface area (Å²) in [5, 5.41) is 0. The van der Waals surface area contributed by atoms with Crippen molar-refractivity contribution in [2.45, 2.75) is 137 Å². The zero-order valence-electron chi connectivity index (χ0n) is 21.9. The Labute approximate surface area is 187 Å². The zero-order valence-corrected chi connectivity index (χ0v) is 21.9. The van der Waals surface area contributed by atoms with Crippen LogP contribution >= 0.6 is 0 Å². The molecule has 29 heavy (non-hydrogen) atoms. The summed E-state index contributed by atoms with van der Waals surface area (Å²) >= 11 is 0. The number of quaternary nitrogens is 1. The molecule has 1 heteroatoms. The first-order valence-corrected chi connectivity index (χ1v) is 13.6. The van der Waals surface area contributed by atoms with E-state index in [1.165, 1.54) is 120 Å². The van der Waals surface area contributed by atoms with Crippen LogP contribution in [0, 0.1) is 17.8 Å². The fraction of sp³-hybridized carbons (Fsp3) is 1.00. The Balaban J connectivity index is 4.24. The molecule has 176 valence electrons. The summed E-state index contributed by atoms with van der Waals surface area (Å²) in [6.07, 6.45) is 22.9. The lowest BCUT2D eigenvalue weighted by atomic mass is 9.89. The van der Waals surface area contributed by atoms with Crippen molar-refractivity contribution in [3.63, 3.8) is 0 Å². The van der Waals surface area contributed by atoms with Crippen molar-refractivity contribution in [2.75, 3.05) is 27.2 Å². The van der Waals surface area contributed by atoms with Crippen molar-refractivity contribution < 1.29 is 4.48 Å². The molecule has 0 fully saturated rings. The first-order chi connectivity index (χ1) is 13.8. The third kappa shape index (κ3) is 19.7. The van der Waals surface area contributed by atoms with Gasteiger partial charge in [-0.25, -0.2) is 0 Å². The molecule has 0 aromatic heterocycles. The van der Waals surface area contributed by atoms with Crippen LogP contribution in [-0.2, 0) is 0 Å². The minimum absolute atomic E-state index is 0.868. The third-order valence-corrected chi connectivity index (χ3v) is 6.86. The fourth-order valence-corrected chi connectivity index (χ4v) is 4.93. The normalized spacial score (nSPS) is 14.5. The Hall–Kier alpha value is -0.0400. The van der Waals surface area contributed by atoms with Crippen LogP contribution in [0.3, 0.4) is 0 Å². The molecule has 1 nitrogen and oxygen atoms in total. The molecule has 0 bridgehead atoms. The first kappa shape index (κ1) is 29.0. The second-order valence-electron chi connectivity index (χ2n) is 11.3. The Kier molecular flexibility index (Phi) is 18.7. The van der Waals surface area contributed by atoms with E-state index in [0.717, 1.165) is 17.8 Å². The summed E-state index contributed by atoms with van der Waals surface area (Å²) in [5.74, 6) is 2.72. The van der Waals surface area contributed by atoms with Gasteiger partial charge < -0.3 is 4.48 Å². The Morgan fingerprint density at radius 2 is 1.14 bits per heavy atom. The van der Waals surface area contributed by atoms with Crippen molar-refractivity contribution in [1.82, 2.24) is 0 Å². The summed E-state index contributed by atoms with van der Waals surface area (Å²) in [4.78, 5) is 0. The molecular weight excluding hydrogens is 350 g/mol. The van der Waals surface area contributed by atoms with Gasteiger partial charge in [0.2, 0.25) is 0 Å². The van der Waals surface area contributed by atoms with Crippen LogP contribution in [-0.4, -0.2) is 31.7 Å². The molecule has 0 radical (unpaired) electrons. The van der Waals surface area contributed by atoms with E-state index in [1.807, 2.05) is 0 Å². The van der Waals surface area contributed by atoms with E-state index < -0.39 is 0 Å². The lowest BCUT2D eigenvalue weighted by molar-refractivity contribution is -0.894. The van der Waals surface area contributed by atoms with Crippen LogP contribution in [0.1, 0.15) is 137 Å². The summed E-state index contributed by atoms with van der Waals surface area (Å²) in [6.45, 7) is 14.6. The molecule has 0 saturated heterocycles. The van der Waals surface area contributed by atoms with Crippen LogP contribution in [0.15, 0.2) is 0 Å². The number of hydrogen-bond acceptors (Lipinski definition) is 0. The molecule has 2 unspecified atom stereocenters. The van der Waals surface area contributed by atoms with Gasteiger partial charge in [0.25, 0.3) is 0 Å². The van der Waals surface area contributed by atoms with Gasteiger partial charge in [0.05, 0.1) is 27.2 Å². The highest BCUT2D eigenvalue weighted by Gasteiger charge is 2.22. The van der Waals surface area contributed by atoms with Crippen molar-refractivity contribution in [3.8, 4) is 0 Å². The van der Waals surface area contributed by atoms with Crippen LogP contribution in [0.5, 0.6) is 0 Å². The van der Waals surface area contributed by atoms with Gasteiger partial charge in [0.1, 0.15) is 0 Å². The van der Waals surface area contributed by atoms with E-state index in [4.69, 9.17) is 0 Å². The fourth-order valence-electron chi connectivity index (χ4n) is 4.93. The Morgan fingerprint density at radius 1 is 0.552 bits per heavy atom. The van der Waals surface area contributed by atoms with Crippen molar-refractivity contribution >= 4 is 0 Å². The van der Waals surface area contributed by atoms with E-state index >= 15 is 0 Å². The Morgan fingerprint density at radius 3 is 1.72 bits per heavy atom. The highest BCUT2D eigenvalue weighted by atomic mass is 15.3. The van der Waals surface area contributed by atoms with Gasteiger partial charge in [-0.2, -0.15) is 0 Å². The molecule has 0 aliphatic heterocycles. The van der Waals surface area contributed by atoms with E-state index in [1.54, 1.807) is 0 Å². The monoisotopic (exact) mass is 410 g/mol. The standard InChI is InChI=1S/C28H60N/c1-8-10-11-12-13-14-15-18-24-29(6,7)25-28(21-17-16-20-26(3)4)23-22-27(5)19-9-2/h26-28H,8-25H2,1-7H3/q+1. The Bertz CT molecular complexity index is 333. The number of rotatable bonds is 21. The molecule has 0 heterocycles. The topological polar surface area (TPSA) is 0 Å². The second-order valence-corrected chi connectivity index (χ2v) is 11.3. The minimum Gasteiger partial charge on any atom is -0.328 e. The van der Waals surface area contributed by atoms with Crippen molar-refractivity contribution in [2.24, 2.45) is 17.8 Å². The van der Waals surface area contributed by atoms with Gasteiger partial charge in [0, 0.05) is 5.92 Å². The van der Waals surface area contributed by atoms with Gasteiger partial charge in [-0.05, 0) is 37.5 Å². The highest BCUT2D eigenvalue weighted by Crippen LogP contribution is 2.24. The number of nitrogens with zero attached hydrogens (tertiary/aromatic N) is 1. The molecule has 0 aromatic carbocycles. The second kappa shape index (κ2) is 18.7. The molecule has 0 aromatic rings. The van der Waals surface area contributed by atoms with Crippen molar-refractivity contribution in [3.05, 3.63) is 0 Å². The molecule has 0 N–H and O–H groups in total. The summed E-state index contributed by atoms with van der Waals surface area (Å²) < 4.78 is 1.24. The average molecular weight is 411 g/mol. The summed E-state index contributed by atoms with van der Waals surface area (Å²) in [6, 6.07) is 0. The molecule has 0 aliphatic rings. The molecule has 0 saturated carbocycles. The van der Waals surface area contributed by atoms with Crippen LogP contribution in [0.4, 0.5) is 0 Å². The third-order valence-electron chi connectivity index (χ3n) is 6.86. The maximum Gasteiger partial charge on any atom is 0.0811 e. The first-order valence-electron chi connectivity index (χ1n) is 13.6. The molecule has 0 aliphatic carbocycles. The number of unbranched alkanes of at least 4 members (excludes halogenated alkanes) is 8. The SMILES string of the molecule is CCCCCCCCCC[N+](C)(C)CC(CCCCC(C)C)CCC(C)CCC. The maximum atomic E-state index is 2.50. The quantitative estimate of drug-likeness (QED) is 0.131. The lowest BCUT2D eigenvalue weighted by Gasteiger charge is -2.34. The smallest absolute Gasteiger partial charge is 0.0811 e. The minimum atomic E-state index is 0.868. The van der Waals surface area contributed by atoms with E-state index in [9.17, 15) is 0 Å². The zero-order chi connectivity index (χ0) is 22.0. The van der Waals surface area contributed by atoms with E-state index in [0.29, 0.717) is 0 Å². The van der Waals surface area contributed by atoms with Gasteiger partial charge in [-0.15, -0.1) is 0 Å². The van der Waals surface area contributed by atoms with Gasteiger partial charge in [0.15, 0.2) is 0 Å². The van der Waals surface area contributed by atoms with Gasteiger partial charge in [-0.1, -0.05) is 112 Å². The van der Waals surface area contributed by atoms with Gasteiger partial charge in [-0.3, -0.25) is 0 Å². The van der Waals surface area contributed by atoms with E-state index in [-0.39, 0.29) is 0 Å². The average Bonchev–Trinajstić information content (AvgIpc) is 2.65. The van der Waals surface area contributed by atoms with Crippen LogP contribution < -0.4 is 0 Å².